The van der Waals surface area contributed by atoms with Gasteiger partial charge in [0.15, 0.2) is 0 Å². The molecule has 0 spiro atoms. The molecule has 1 atom stereocenters. The zero-order valence-electron chi connectivity index (χ0n) is 25.1. The molecule has 6 nitrogen and oxygen atoms in total. The Balaban J connectivity index is 1.50. The normalized spacial score (nSPS) is 12.4. The van der Waals surface area contributed by atoms with Crippen LogP contribution in [0.5, 0.6) is 0 Å². The predicted octanol–water partition coefficient (Wildman–Crippen LogP) is 9.01. The van der Waals surface area contributed by atoms with Crippen molar-refractivity contribution >= 4 is 58.5 Å². The molecule has 0 radical (unpaired) electrons. The highest BCUT2D eigenvalue weighted by molar-refractivity contribution is 8.00. The summed E-state index contributed by atoms with van der Waals surface area (Å²) in [7, 11) is 0. The molecule has 4 aromatic rings. The first-order chi connectivity index (χ1) is 21.8. The topological polar surface area (TPSA) is 87.3 Å². The van der Waals surface area contributed by atoms with Gasteiger partial charge in [-0.25, -0.2) is 0 Å². The molecule has 0 saturated heterocycles. The van der Waals surface area contributed by atoms with Crippen molar-refractivity contribution in [2.45, 2.75) is 43.0 Å². The summed E-state index contributed by atoms with van der Waals surface area (Å²) in [6.07, 6.45) is -3.13. The van der Waals surface area contributed by atoms with Gasteiger partial charge in [0.2, 0.25) is 5.91 Å². The molecule has 3 amide bonds. The highest BCUT2D eigenvalue weighted by Gasteiger charge is 2.34. The summed E-state index contributed by atoms with van der Waals surface area (Å²) in [6.45, 7) is 5.71. The Bertz CT molecular complexity index is 1740. The van der Waals surface area contributed by atoms with Gasteiger partial charge in [0.25, 0.3) is 11.8 Å². The number of alkyl halides is 3. The van der Waals surface area contributed by atoms with Gasteiger partial charge < -0.3 is 16.0 Å². The van der Waals surface area contributed by atoms with Crippen molar-refractivity contribution in [1.82, 2.24) is 5.32 Å². The van der Waals surface area contributed by atoms with Crippen molar-refractivity contribution in [1.29, 1.82) is 0 Å². The van der Waals surface area contributed by atoms with Crippen LogP contribution in [0.4, 0.5) is 24.5 Å². The number of carbonyl (C=O) groups excluding carboxylic acids is 3. The van der Waals surface area contributed by atoms with Gasteiger partial charge in [-0.1, -0.05) is 74.0 Å². The number of amides is 3. The van der Waals surface area contributed by atoms with Gasteiger partial charge >= 0.3 is 6.18 Å². The molecule has 0 aromatic heterocycles. The van der Waals surface area contributed by atoms with Crippen LogP contribution in [0.3, 0.4) is 0 Å². The summed E-state index contributed by atoms with van der Waals surface area (Å²) in [6, 6.07) is 25.9. The van der Waals surface area contributed by atoms with Crippen molar-refractivity contribution in [3.63, 3.8) is 0 Å². The number of hydrogen-bond acceptors (Lipinski definition) is 4. The first-order valence-electron chi connectivity index (χ1n) is 14.2. The van der Waals surface area contributed by atoms with E-state index in [2.05, 4.69) is 29.8 Å². The second-order valence-corrected chi connectivity index (χ2v) is 12.5. The number of anilines is 2. The molecule has 0 fully saturated rings. The third-order valence-electron chi connectivity index (χ3n) is 6.76. The van der Waals surface area contributed by atoms with E-state index in [1.54, 1.807) is 67.6 Å². The molecule has 238 valence electrons. The van der Waals surface area contributed by atoms with Crippen molar-refractivity contribution in [3.05, 3.63) is 130 Å². The fraction of sp³-hybridized carbons (Fsp3) is 0.171. The van der Waals surface area contributed by atoms with Crippen molar-refractivity contribution in [2.75, 3.05) is 10.6 Å². The molecule has 0 aliphatic carbocycles. The quantitative estimate of drug-likeness (QED) is 0.117. The van der Waals surface area contributed by atoms with Gasteiger partial charge in [0, 0.05) is 21.2 Å². The van der Waals surface area contributed by atoms with E-state index in [-0.39, 0.29) is 10.7 Å². The van der Waals surface area contributed by atoms with E-state index >= 15 is 0 Å². The van der Waals surface area contributed by atoms with Crippen LogP contribution >= 0.6 is 23.4 Å². The third-order valence-corrected chi connectivity index (χ3v) is 8.09. The van der Waals surface area contributed by atoms with Crippen LogP contribution in [-0.2, 0) is 15.8 Å². The van der Waals surface area contributed by atoms with E-state index in [0.29, 0.717) is 27.6 Å². The lowest BCUT2D eigenvalue weighted by atomic mass is 10.0. The zero-order valence-corrected chi connectivity index (χ0v) is 26.7. The van der Waals surface area contributed by atoms with Gasteiger partial charge in [-0.05, 0) is 78.6 Å². The van der Waals surface area contributed by atoms with Gasteiger partial charge in [-0.3, -0.25) is 14.4 Å². The average Bonchev–Trinajstić information content (AvgIpc) is 3.01. The van der Waals surface area contributed by atoms with Crippen LogP contribution in [0.25, 0.3) is 6.08 Å². The van der Waals surface area contributed by atoms with Crippen LogP contribution in [0.2, 0.25) is 5.02 Å². The summed E-state index contributed by atoms with van der Waals surface area (Å²) < 4.78 is 40.4. The van der Waals surface area contributed by atoms with Crippen LogP contribution in [0, 0.1) is 0 Å². The number of halogens is 4. The Kier molecular flexibility index (Phi) is 11.3. The fourth-order valence-electron chi connectivity index (χ4n) is 4.28. The first-order valence-corrected chi connectivity index (χ1v) is 15.5. The number of carbonyl (C=O) groups is 3. The maximum Gasteiger partial charge on any atom is 0.418 e. The van der Waals surface area contributed by atoms with E-state index in [4.69, 9.17) is 11.6 Å². The van der Waals surface area contributed by atoms with Gasteiger partial charge in [-0.15, -0.1) is 11.8 Å². The van der Waals surface area contributed by atoms with Crippen LogP contribution in [0.15, 0.2) is 108 Å². The molecule has 0 aliphatic heterocycles. The second kappa shape index (κ2) is 15.2. The largest absolute Gasteiger partial charge is 0.418 e. The van der Waals surface area contributed by atoms with Crippen LogP contribution < -0.4 is 16.0 Å². The molecule has 3 N–H and O–H groups in total. The molecular weight excluding hydrogens is 635 g/mol. The van der Waals surface area contributed by atoms with E-state index in [0.717, 1.165) is 29.5 Å². The van der Waals surface area contributed by atoms with Gasteiger partial charge in [0.05, 0.1) is 16.5 Å². The highest BCUT2D eigenvalue weighted by atomic mass is 35.5. The van der Waals surface area contributed by atoms with Crippen molar-refractivity contribution in [3.8, 4) is 0 Å². The molecular formula is C35H31ClF3N3O3S. The minimum atomic E-state index is -4.71. The molecule has 11 heteroatoms. The summed E-state index contributed by atoms with van der Waals surface area (Å²) in [5, 5.41) is 6.93. The SMILES string of the molecule is CC(Sc1cccc(NC(=O)/C(=C\c2ccc(C(C)C)cc2)NC(=O)c2ccccc2)c1)C(=O)Nc1ccc(Cl)cc1C(F)(F)F. The summed E-state index contributed by atoms with van der Waals surface area (Å²) in [5.74, 6) is -1.36. The average molecular weight is 666 g/mol. The zero-order chi connectivity index (χ0) is 33.4. The van der Waals surface area contributed by atoms with Crippen LogP contribution in [0.1, 0.15) is 53.7 Å². The van der Waals surface area contributed by atoms with E-state index in [1.165, 1.54) is 6.07 Å². The predicted molar refractivity (Wildman–Crippen MR) is 178 cm³/mol. The number of rotatable bonds is 10. The fourth-order valence-corrected chi connectivity index (χ4v) is 5.38. The van der Waals surface area contributed by atoms with Crippen LogP contribution in [-0.4, -0.2) is 23.0 Å². The molecule has 4 rings (SSSR count). The van der Waals surface area contributed by atoms with E-state index in [9.17, 15) is 27.6 Å². The second-order valence-electron chi connectivity index (χ2n) is 10.6. The lowest BCUT2D eigenvalue weighted by molar-refractivity contribution is -0.137. The summed E-state index contributed by atoms with van der Waals surface area (Å²) in [5.41, 5.74) is 1.17. The molecule has 0 saturated carbocycles. The summed E-state index contributed by atoms with van der Waals surface area (Å²) >= 11 is 6.83. The van der Waals surface area contributed by atoms with Gasteiger partial charge in [-0.2, -0.15) is 13.2 Å². The molecule has 46 heavy (non-hydrogen) atoms. The van der Waals surface area contributed by atoms with E-state index < -0.39 is 40.4 Å². The standard InChI is InChI=1S/C35H31ClF3N3O3S/c1-21(2)24-14-12-23(13-15-24)18-31(42-33(44)25-8-5-4-6-9-25)34(45)40-27-10-7-11-28(20-27)46-22(3)32(43)41-30-17-16-26(36)19-29(30)35(37,38)39/h4-22H,1-3H3,(H,40,45)(H,41,43)(H,42,44)/b31-18+. The Hall–Kier alpha value is -4.54. The highest BCUT2D eigenvalue weighted by Crippen LogP contribution is 2.37. The minimum Gasteiger partial charge on any atom is -0.325 e. The Morgan fingerprint density at radius 3 is 2.17 bits per heavy atom. The molecule has 0 bridgehead atoms. The van der Waals surface area contributed by atoms with Gasteiger partial charge in [0.1, 0.15) is 5.70 Å². The summed E-state index contributed by atoms with van der Waals surface area (Å²) in [4.78, 5) is 39.9. The Morgan fingerprint density at radius 1 is 0.826 bits per heavy atom. The number of hydrogen-bond donors (Lipinski definition) is 3. The van der Waals surface area contributed by atoms with E-state index in [1.807, 2.05) is 24.3 Å². The Morgan fingerprint density at radius 2 is 1.52 bits per heavy atom. The monoisotopic (exact) mass is 665 g/mol. The number of benzene rings is 4. The Labute approximate surface area is 274 Å². The third kappa shape index (κ3) is 9.48. The molecule has 4 aromatic carbocycles. The molecule has 1 unspecified atom stereocenters. The lowest BCUT2D eigenvalue weighted by Crippen LogP contribution is -2.30. The maximum absolute atomic E-state index is 13.5. The lowest BCUT2D eigenvalue weighted by Gasteiger charge is -2.17. The molecule has 0 aliphatic rings. The number of nitrogens with one attached hydrogen (secondary N) is 3. The smallest absolute Gasteiger partial charge is 0.325 e. The molecule has 0 heterocycles. The van der Waals surface area contributed by atoms with Crippen molar-refractivity contribution < 1.29 is 27.6 Å². The minimum absolute atomic E-state index is 0.0142. The first kappa shape index (κ1) is 34.3. The number of thioether (sulfide) groups is 1. The maximum atomic E-state index is 13.5. The van der Waals surface area contributed by atoms with Crippen molar-refractivity contribution in [2.24, 2.45) is 0 Å².